The molecule has 0 aromatic heterocycles. The van der Waals surface area contributed by atoms with Crippen molar-refractivity contribution in [3.8, 4) is 22.3 Å². The van der Waals surface area contributed by atoms with Crippen LogP contribution in [-0.4, -0.2) is 5.91 Å². The first-order chi connectivity index (χ1) is 26.6. The molecule has 0 unspecified atom stereocenters. The van der Waals surface area contributed by atoms with E-state index in [1.165, 1.54) is 0 Å². The van der Waals surface area contributed by atoms with Gasteiger partial charge in [0.1, 0.15) is 0 Å². The summed E-state index contributed by atoms with van der Waals surface area (Å²) in [6, 6.07) is 70.2. The lowest BCUT2D eigenvalue weighted by Gasteiger charge is -2.51. The molecule has 0 N–H and O–H groups in total. The van der Waals surface area contributed by atoms with Crippen LogP contribution in [0.4, 0.5) is 28.4 Å². The smallest absolute Gasteiger partial charge is 0.263 e. The van der Waals surface area contributed by atoms with Crippen LogP contribution in [-0.2, 0) is 5.41 Å². The molecule has 10 rings (SSSR count). The first-order valence-corrected chi connectivity index (χ1v) is 19.0. The van der Waals surface area contributed by atoms with Gasteiger partial charge in [-0.15, -0.1) is 0 Å². The predicted molar refractivity (Wildman–Crippen MR) is 224 cm³/mol. The number of hydrogen-bond donors (Lipinski definition) is 0. The molecule has 0 bridgehead atoms. The molecule has 8 aromatic carbocycles. The Bertz CT molecular complexity index is 2570. The minimum absolute atomic E-state index is 0.0944. The number of carbonyl (C=O) groups excluding carboxylic acids is 1. The zero-order valence-corrected chi connectivity index (χ0v) is 30.8. The number of halogens is 1. The van der Waals surface area contributed by atoms with Crippen LogP contribution in [0, 0.1) is 0 Å². The quantitative estimate of drug-likeness (QED) is 0.178. The molecule has 54 heavy (non-hydrogen) atoms. The van der Waals surface area contributed by atoms with Crippen molar-refractivity contribution in [3.05, 3.63) is 232 Å². The van der Waals surface area contributed by atoms with Crippen molar-refractivity contribution in [1.82, 2.24) is 0 Å². The van der Waals surface area contributed by atoms with Crippen LogP contribution in [0.3, 0.4) is 0 Å². The maximum atomic E-state index is 15.1. The minimum atomic E-state index is -0.802. The molecule has 1 spiro atoms. The molecule has 1 amide bonds. The van der Waals surface area contributed by atoms with E-state index in [4.69, 9.17) is 0 Å². The second kappa shape index (κ2) is 12.9. The maximum Gasteiger partial charge on any atom is 0.263 e. The highest BCUT2D eigenvalue weighted by Gasteiger charge is 2.52. The van der Waals surface area contributed by atoms with Crippen LogP contribution in [0.25, 0.3) is 22.3 Å². The highest BCUT2D eigenvalue weighted by molar-refractivity contribution is 9.10. The number of amides is 1. The Hall–Kier alpha value is -6.49. The molecular formula is C50H33BrN2O. The van der Waals surface area contributed by atoms with Gasteiger partial charge < -0.3 is 4.90 Å². The molecular weight excluding hydrogens is 724 g/mol. The topological polar surface area (TPSA) is 23.6 Å². The van der Waals surface area contributed by atoms with Gasteiger partial charge in [0.05, 0.1) is 33.7 Å². The van der Waals surface area contributed by atoms with Gasteiger partial charge in [-0.3, -0.25) is 9.69 Å². The van der Waals surface area contributed by atoms with Crippen LogP contribution in [0.15, 0.2) is 205 Å². The largest absolute Gasteiger partial charge is 0.310 e. The molecule has 8 aromatic rings. The Morgan fingerprint density at radius 2 is 0.852 bits per heavy atom. The Morgan fingerprint density at radius 3 is 1.37 bits per heavy atom. The Balaban J connectivity index is 1.37. The van der Waals surface area contributed by atoms with E-state index >= 15 is 4.79 Å². The summed E-state index contributed by atoms with van der Waals surface area (Å²) in [7, 11) is 0. The number of rotatable bonds is 4. The van der Waals surface area contributed by atoms with Crippen LogP contribution >= 0.6 is 15.9 Å². The highest BCUT2D eigenvalue weighted by atomic mass is 79.9. The van der Waals surface area contributed by atoms with Gasteiger partial charge >= 0.3 is 0 Å². The summed E-state index contributed by atoms with van der Waals surface area (Å²) in [5, 5.41) is 0. The van der Waals surface area contributed by atoms with Gasteiger partial charge in [0, 0.05) is 10.2 Å². The molecule has 0 saturated heterocycles. The van der Waals surface area contributed by atoms with E-state index in [2.05, 4.69) is 197 Å². The van der Waals surface area contributed by atoms with E-state index in [0.29, 0.717) is 5.56 Å². The van der Waals surface area contributed by atoms with Gasteiger partial charge in [0.2, 0.25) is 0 Å². The summed E-state index contributed by atoms with van der Waals surface area (Å²) in [4.78, 5) is 19.5. The van der Waals surface area contributed by atoms with E-state index in [0.717, 1.165) is 77.4 Å². The first-order valence-electron chi connectivity index (χ1n) is 18.2. The Kier molecular flexibility index (Phi) is 7.67. The lowest BCUT2D eigenvalue weighted by atomic mass is 9.59. The van der Waals surface area contributed by atoms with Gasteiger partial charge in [-0.2, -0.15) is 0 Å². The van der Waals surface area contributed by atoms with Crippen molar-refractivity contribution in [2.24, 2.45) is 0 Å². The van der Waals surface area contributed by atoms with Crippen LogP contribution in [0.1, 0.15) is 32.6 Å². The zero-order chi connectivity index (χ0) is 36.2. The number of carbonyl (C=O) groups is 1. The van der Waals surface area contributed by atoms with E-state index in [1.54, 1.807) is 0 Å². The molecule has 0 radical (unpaired) electrons. The third-order valence-corrected chi connectivity index (χ3v) is 11.6. The molecule has 2 heterocycles. The third-order valence-electron chi connectivity index (χ3n) is 10.9. The number of fused-ring (bicyclic) bond motifs is 8. The fraction of sp³-hybridized carbons (Fsp3) is 0.0200. The highest BCUT2D eigenvalue weighted by Crippen LogP contribution is 2.63. The lowest BCUT2D eigenvalue weighted by Crippen LogP contribution is -2.44. The van der Waals surface area contributed by atoms with Gasteiger partial charge in [0.15, 0.2) is 0 Å². The normalized spacial score (nSPS) is 13.4. The van der Waals surface area contributed by atoms with Crippen molar-refractivity contribution in [2.45, 2.75) is 5.41 Å². The number of para-hydroxylation sites is 3. The second-order valence-corrected chi connectivity index (χ2v) is 14.6. The lowest BCUT2D eigenvalue weighted by molar-refractivity contribution is 0.0997. The third kappa shape index (κ3) is 4.84. The maximum absolute atomic E-state index is 15.1. The summed E-state index contributed by atoms with van der Waals surface area (Å²) < 4.78 is 0.757. The molecule has 3 nitrogen and oxygen atoms in total. The number of benzene rings is 8. The fourth-order valence-electron chi connectivity index (χ4n) is 8.61. The van der Waals surface area contributed by atoms with Gasteiger partial charge in [-0.1, -0.05) is 140 Å². The first kappa shape index (κ1) is 32.2. The zero-order valence-electron chi connectivity index (χ0n) is 29.2. The van der Waals surface area contributed by atoms with Crippen molar-refractivity contribution in [2.75, 3.05) is 9.80 Å². The van der Waals surface area contributed by atoms with Gasteiger partial charge in [0.25, 0.3) is 5.91 Å². The summed E-state index contributed by atoms with van der Waals surface area (Å²) in [6.07, 6.45) is 0. The number of anilines is 5. The minimum Gasteiger partial charge on any atom is -0.310 e. The molecule has 0 fully saturated rings. The van der Waals surface area contributed by atoms with Crippen molar-refractivity contribution < 1.29 is 4.79 Å². The summed E-state index contributed by atoms with van der Waals surface area (Å²) in [5.74, 6) is -0.0944. The monoisotopic (exact) mass is 756 g/mol. The Labute approximate surface area is 323 Å². The van der Waals surface area contributed by atoms with Crippen LogP contribution < -0.4 is 9.80 Å². The van der Waals surface area contributed by atoms with Crippen molar-refractivity contribution in [3.63, 3.8) is 0 Å². The average molecular weight is 758 g/mol. The Morgan fingerprint density at radius 1 is 0.407 bits per heavy atom. The van der Waals surface area contributed by atoms with Crippen LogP contribution in [0.2, 0.25) is 0 Å². The SMILES string of the molecule is O=C(c1ccccc1Br)N1c2ccc(-c3ccccc3)cc2C2(c3cc(-c4ccccc4)ccc31)c1ccccc1N(c1ccccc1)c1ccccc12. The molecule has 4 heteroatoms. The van der Waals surface area contributed by atoms with Crippen molar-refractivity contribution in [1.29, 1.82) is 0 Å². The summed E-state index contributed by atoms with van der Waals surface area (Å²) in [6.45, 7) is 0. The van der Waals surface area contributed by atoms with Crippen molar-refractivity contribution >= 4 is 50.3 Å². The molecule has 0 aliphatic carbocycles. The van der Waals surface area contributed by atoms with E-state index < -0.39 is 5.41 Å². The van der Waals surface area contributed by atoms with Gasteiger partial charge in [-0.25, -0.2) is 0 Å². The molecule has 0 atom stereocenters. The molecule has 2 aliphatic heterocycles. The number of hydrogen-bond acceptors (Lipinski definition) is 2. The average Bonchev–Trinajstić information content (AvgIpc) is 3.24. The fourth-order valence-corrected chi connectivity index (χ4v) is 9.07. The standard InChI is InChI=1S/C50H33BrN2O/c51-44-25-13-10-22-39(44)49(54)53-47-30-28-36(34-16-4-1-5-17-34)32-42(47)50(43-33-37(29-31-48(43)53)35-18-6-2-7-19-35)40-23-11-14-26-45(40)52(38-20-8-3-9-21-38)46-27-15-12-24-41(46)50/h1-33H. The number of nitrogens with zero attached hydrogens (tertiary/aromatic N) is 2. The second-order valence-electron chi connectivity index (χ2n) is 13.8. The van der Waals surface area contributed by atoms with E-state index in [1.807, 2.05) is 29.2 Å². The van der Waals surface area contributed by atoms with E-state index in [9.17, 15) is 0 Å². The van der Waals surface area contributed by atoms with Crippen LogP contribution in [0.5, 0.6) is 0 Å². The summed E-state index contributed by atoms with van der Waals surface area (Å²) in [5.41, 5.74) is 13.6. The predicted octanol–water partition coefficient (Wildman–Crippen LogP) is 13.2. The van der Waals surface area contributed by atoms with Gasteiger partial charge in [-0.05, 0) is 121 Å². The molecule has 0 saturated carbocycles. The molecule has 256 valence electrons. The van der Waals surface area contributed by atoms with E-state index in [-0.39, 0.29) is 5.91 Å². The summed E-state index contributed by atoms with van der Waals surface area (Å²) >= 11 is 3.72. The molecule has 2 aliphatic rings.